The molecule has 63 heavy (non-hydrogen) atoms. The molecular weight excluding hydrogens is 810 g/mol. The van der Waals surface area contributed by atoms with Crippen LogP contribution in [0.25, 0.3) is 0 Å². The predicted octanol–water partition coefficient (Wildman–Crippen LogP) is 15.9. The summed E-state index contributed by atoms with van der Waals surface area (Å²) >= 11 is 0. The molecule has 9 nitrogen and oxygen atoms in total. The summed E-state index contributed by atoms with van der Waals surface area (Å²) in [5, 5.41) is 0. The number of phosphoric ester groups is 1. The second-order valence-electron chi connectivity index (χ2n) is 19.3. The van der Waals surface area contributed by atoms with Crippen LogP contribution in [-0.2, 0) is 32.7 Å². The molecule has 2 atom stereocenters. The van der Waals surface area contributed by atoms with Gasteiger partial charge in [-0.3, -0.25) is 18.6 Å². The van der Waals surface area contributed by atoms with Crippen LogP contribution in [0.3, 0.4) is 0 Å². The Balaban J connectivity index is 4.20. The third-order valence-corrected chi connectivity index (χ3v) is 12.7. The quantitative estimate of drug-likeness (QED) is 0.0211. The van der Waals surface area contributed by atoms with E-state index in [4.69, 9.17) is 18.5 Å². The summed E-state index contributed by atoms with van der Waals surface area (Å²) in [5.41, 5.74) is 0. The van der Waals surface area contributed by atoms with E-state index in [9.17, 15) is 19.0 Å². The van der Waals surface area contributed by atoms with Crippen LogP contribution in [0.5, 0.6) is 0 Å². The lowest BCUT2D eigenvalue weighted by atomic mass is 10.0. The van der Waals surface area contributed by atoms with Crippen molar-refractivity contribution < 1.29 is 42.1 Å². The van der Waals surface area contributed by atoms with E-state index < -0.39 is 26.5 Å². The van der Waals surface area contributed by atoms with Gasteiger partial charge in [-0.25, -0.2) is 4.57 Å². The number of likely N-dealkylation sites (N-methyl/N-ethyl adjacent to an activating group) is 1. The lowest BCUT2D eigenvalue weighted by Crippen LogP contribution is -2.37. The van der Waals surface area contributed by atoms with Crippen molar-refractivity contribution in [3.8, 4) is 0 Å². The molecule has 0 bridgehead atoms. The molecule has 0 radical (unpaired) electrons. The van der Waals surface area contributed by atoms with Gasteiger partial charge in [0, 0.05) is 12.8 Å². The summed E-state index contributed by atoms with van der Waals surface area (Å²) in [7, 11) is 1.49. The predicted molar refractivity (Wildman–Crippen MR) is 266 cm³/mol. The van der Waals surface area contributed by atoms with Gasteiger partial charge in [0.2, 0.25) is 0 Å². The monoisotopic (exact) mass is 913 g/mol. The summed E-state index contributed by atoms with van der Waals surface area (Å²) < 4.78 is 34.5. The average Bonchev–Trinajstić information content (AvgIpc) is 3.24. The summed E-state index contributed by atoms with van der Waals surface area (Å²) in [6.45, 7) is 4.46. The molecule has 0 aromatic rings. The summed E-state index contributed by atoms with van der Waals surface area (Å²) in [6.07, 6.45) is 52.3. The van der Waals surface area contributed by atoms with Gasteiger partial charge in [-0.15, -0.1) is 0 Å². The number of hydrogen-bond acceptors (Lipinski definition) is 7. The van der Waals surface area contributed by atoms with Gasteiger partial charge in [0.15, 0.2) is 6.10 Å². The van der Waals surface area contributed by atoms with E-state index in [1.807, 2.05) is 21.1 Å². The lowest BCUT2D eigenvalue weighted by Gasteiger charge is -2.24. The van der Waals surface area contributed by atoms with Crippen molar-refractivity contribution in [1.29, 1.82) is 0 Å². The third-order valence-electron chi connectivity index (χ3n) is 11.7. The van der Waals surface area contributed by atoms with Gasteiger partial charge in [-0.1, -0.05) is 218 Å². The van der Waals surface area contributed by atoms with Crippen molar-refractivity contribution in [3.05, 3.63) is 24.3 Å². The maximum Gasteiger partial charge on any atom is 0.472 e. The standard InChI is InChI=1S/C53H102NO8P/c1-6-8-10-12-14-16-18-20-22-24-25-26-27-28-29-30-32-34-36-38-40-42-44-46-53(56)62-51(50-61-63(57,58)60-48-47-54(3,4)5)49-59-52(55)45-43-41-39-37-35-33-31-23-21-19-17-15-13-11-9-7-2/h18,20,24-25,51H,6-17,19,21-23,26-50H2,1-5H3/p+1/b20-18-,25-24-. The van der Waals surface area contributed by atoms with Gasteiger partial charge in [0.05, 0.1) is 27.7 Å². The number of carbonyl (C=O) groups excluding carboxylic acids is 2. The number of unbranched alkanes of at least 4 members (excludes halogenated alkanes) is 31. The van der Waals surface area contributed by atoms with E-state index in [2.05, 4.69) is 38.2 Å². The smallest absolute Gasteiger partial charge is 0.462 e. The molecule has 0 aliphatic carbocycles. The molecule has 10 heteroatoms. The second kappa shape index (κ2) is 45.6. The number of phosphoric acid groups is 1. The first-order chi connectivity index (χ1) is 30.5. The van der Waals surface area contributed by atoms with Gasteiger partial charge in [-0.2, -0.15) is 0 Å². The number of nitrogens with zero attached hydrogens (tertiary/aromatic N) is 1. The van der Waals surface area contributed by atoms with Crippen LogP contribution in [0.2, 0.25) is 0 Å². The highest BCUT2D eigenvalue weighted by Gasteiger charge is 2.27. The molecule has 0 aromatic heterocycles. The molecule has 0 aliphatic heterocycles. The second-order valence-corrected chi connectivity index (χ2v) is 20.7. The number of carbonyl (C=O) groups is 2. The number of allylic oxidation sites excluding steroid dienone is 4. The van der Waals surface area contributed by atoms with Crippen molar-refractivity contribution in [2.75, 3.05) is 47.5 Å². The molecule has 0 rings (SSSR count). The van der Waals surface area contributed by atoms with Crippen molar-refractivity contribution in [2.24, 2.45) is 0 Å². The van der Waals surface area contributed by atoms with Crippen LogP contribution >= 0.6 is 7.82 Å². The van der Waals surface area contributed by atoms with E-state index in [1.165, 1.54) is 180 Å². The largest absolute Gasteiger partial charge is 0.472 e. The minimum atomic E-state index is -4.38. The molecule has 372 valence electrons. The maximum atomic E-state index is 12.8. The fraction of sp³-hybridized carbons (Fsp3) is 0.887. The van der Waals surface area contributed by atoms with Crippen LogP contribution in [-0.4, -0.2) is 74.9 Å². The van der Waals surface area contributed by atoms with Crippen LogP contribution in [0, 0.1) is 0 Å². The van der Waals surface area contributed by atoms with Gasteiger partial charge >= 0.3 is 19.8 Å². The Hall–Kier alpha value is -1.51. The number of hydrogen-bond donors (Lipinski definition) is 1. The highest BCUT2D eigenvalue weighted by molar-refractivity contribution is 7.47. The van der Waals surface area contributed by atoms with E-state index in [0.717, 1.165) is 38.5 Å². The first kappa shape index (κ1) is 61.5. The molecule has 0 heterocycles. The van der Waals surface area contributed by atoms with Gasteiger partial charge in [-0.05, 0) is 44.9 Å². The number of rotatable bonds is 49. The van der Waals surface area contributed by atoms with E-state index >= 15 is 0 Å². The van der Waals surface area contributed by atoms with Crippen molar-refractivity contribution in [1.82, 2.24) is 0 Å². The first-order valence-corrected chi connectivity index (χ1v) is 28.1. The minimum Gasteiger partial charge on any atom is -0.462 e. The minimum absolute atomic E-state index is 0.0337. The van der Waals surface area contributed by atoms with Crippen LogP contribution in [0.15, 0.2) is 24.3 Å². The number of quaternary nitrogens is 1. The molecular formula is C53H103NO8P+. The Kier molecular flexibility index (Phi) is 44.5. The zero-order chi connectivity index (χ0) is 46.4. The summed E-state index contributed by atoms with van der Waals surface area (Å²) in [6, 6.07) is 0. The molecule has 0 spiro atoms. The number of ether oxygens (including phenoxy) is 2. The molecule has 0 amide bonds. The van der Waals surface area contributed by atoms with Crippen LogP contribution in [0.1, 0.15) is 251 Å². The van der Waals surface area contributed by atoms with Crippen molar-refractivity contribution >= 4 is 19.8 Å². The maximum absolute atomic E-state index is 12.8. The highest BCUT2D eigenvalue weighted by atomic mass is 31.2. The molecule has 1 N–H and O–H groups in total. The Morgan fingerprint density at radius 2 is 0.857 bits per heavy atom. The van der Waals surface area contributed by atoms with E-state index in [1.54, 1.807) is 0 Å². The topological polar surface area (TPSA) is 108 Å². The molecule has 2 unspecified atom stereocenters. The normalized spacial score (nSPS) is 13.6. The van der Waals surface area contributed by atoms with E-state index in [-0.39, 0.29) is 25.6 Å². The SMILES string of the molecule is CCCCCCC/C=C\C/C=C\CCCCCCCCCCCCCC(=O)OC(COC(=O)CCCCCCCCCCCCCCCCCC)COP(=O)(O)OCC[N+](C)(C)C. The van der Waals surface area contributed by atoms with Crippen molar-refractivity contribution in [2.45, 2.75) is 258 Å². The van der Waals surface area contributed by atoms with Gasteiger partial charge in [0.25, 0.3) is 0 Å². The zero-order valence-corrected chi connectivity index (χ0v) is 43.0. The highest BCUT2D eigenvalue weighted by Crippen LogP contribution is 2.43. The molecule has 0 saturated carbocycles. The molecule has 0 aliphatic rings. The fourth-order valence-electron chi connectivity index (χ4n) is 7.58. The Bertz CT molecular complexity index is 1120. The number of esters is 2. The van der Waals surface area contributed by atoms with Gasteiger partial charge < -0.3 is 18.9 Å². The Morgan fingerprint density at radius 3 is 1.25 bits per heavy atom. The molecule has 0 fully saturated rings. The van der Waals surface area contributed by atoms with Gasteiger partial charge in [0.1, 0.15) is 19.8 Å². The third kappa shape index (κ3) is 49.8. The van der Waals surface area contributed by atoms with Crippen LogP contribution in [0.4, 0.5) is 0 Å². The average molecular weight is 913 g/mol. The molecule has 0 aromatic carbocycles. The van der Waals surface area contributed by atoms with Crippen molar-refractivity contribution in [3.63, 3.8) is 0 Å². The van der Waals surface area contributed by atoms with Crippen LogP contribution < -0.4 is 0 Å². The summed E-state index contributed by atoms with van der Waals surface area (Å²) in [4.78, 5) is 35.6. The molecule has 0 saturated heterocycles. The zero-order valence-electron chi connectivity index (χ0n) is 42.1. The Morgan fingerprint density at radius 1 is 0.492 bits per heavy atom. The summed E-state index contributed by atoms with van der Waals surface area (Å²) in [5.74, 6) is -0.787. The first-order valence-electron chi connectivity index (χ1n) is 26.6. The van der Waals surface area contributed by atoms with E-state index in [0.29, 0.717) is 23.9 Å². The Labute approximate surface area is 389 Å². The fourth-order valence-corrected chi connectivity index (χ4v) is 8.32. The lowest BCUT2D eigenvalue weighted by molar-refractivity contribution is -0.870.